The van der Waals surface area contributed by atoms with Crippen molar-refractivity contribution in [3.63, 3.8) is 0 Å². The topological polar surface area (TPSA) is 72.8 Å². The van der Waals surface area contributed by atoms with Gasteiger partial charge in [0, 0.05) is 11.1 Å². The van der Waals surface area contributed by atoms with E-state index in [0.29, 0.717) is 5.75 Å². The van der Waals surface area contributed by atoms with Crippen molar-refractivity contribution in [3.8, 4) is 5.75 Å². The molecule has 3 rings (SSSR count). The van der Waals surface area contributed by atoms with E-state index in [1.807, 2.05) is 19.9 Å². The third-order valence-corrected chi connectivity index (χ3v) is 5.05. The summed E-state index contributed by atoms with van der Waals surface area (Å²) < 4.78 is 5.39. The molecule has 25 heavy (non-hydrogen) atoms. The van der Waals surface area contributed by atoms with E-state index in [1.54, 1.807) is 12.1 Å². The summed E-state index contributed by atoms with van der Waals surface area (Å²) in [6.07, 6.45) is 0. The Hall–Kier alpha value is -2.53. The summed E-state index contributed by atoms with van der Waals surface area (Å²) >= 11 is 6.58. The van der Waals surface area contributed by atoms with Gasteiger partial charge in [-0.15, -0.1) is 4.91 Å². The van der Waals surface area contributed by atoms with Gasteiger partial charge in [0.1, 0.15) is 11.4 Å². The average Bonchev–Trinajstić information content (AvgIpc) is 2.83. The fraction of sp³-hybridized carbons (Fsp3) is 0.263. The Kier molecular flexibility index (Phi) is 4.21. The van der Waals surface area contributed by atoms with E-state index in [2.05, 4.69) is 5.18 Å². The number of ketones is 2. The number of methoxy groups -OCH3 is 1. The highest BCUT2D eigenvalue weighted by Crippen LogP contribution is 2.48. The highest BCUT2D eigenvalue weighted by Gasteiger charge is 2.55. The van der Waals surface area contributed by atoms with Gasteiger partial charge in [-0.25, -0.2) is 0 Å². The number of ether oxygens (including phenoxy) is 1. The quantitative estimate of drug-likeness (QED) is 0.450. The number of hydrogen-bond acceptors (Lipinski definition) is 5. The van der Waals surface area contributed by atoms with Crippen LogP contribution in [0.25, 0.3) is 0 Å². The minimum Gasteiger partial charge on any atom is -0.496 e. The number of halogens is 1. The molecule has 0 aliphatic heterocycles. The lowest BCUT2D eigenvalue weighted by atomic mass is 9.90. The number of alkyl halides is 1. The summed E-state index contributed by atoms with van der Waals surface area (Å²) in [4.78, 5) is 35.0. The lowest BCUT2D eigenvalue weighted by Crippen LogP contribution is -2.32. The molecule has 0 spiro atoms. The number of nitrogens with zero attached hydrogens (tertiary/aromatic N) is 1. The third kappa shape index (κ3) is 2.38. The second-order valence-electron chi connectivity index (χ2n) is 6.22. The minimum atomic E-state index is -1.95. The number of benzene rings is 2. The molecule has 1 unspecified atom stereocenters. The van der Waals surface area contributed by atoms with Crippen molar-refractivity contribution in [3.05, 3.63) is 63.6 Å². The number of rotatable bonds is 4. The van der Waals surface area contributed by atoms with Gasteiger partial charge in [0.25, 0.3) is 0 Å². The van der Waals surface area contributed by atoms with Crippen LogP contribution in [0, 0.1) is 4.91 Å². The van der Waals surface area contributed by atoms with E-state index in [1.165, 1.54) is 25.3 Å². The Balaban J connectivity index is 2.23. The number of carbonyl (C=O) groups excluding carboxylic acids is 2. The van der Waals surface area contributed by atoms with Crippen LogP contribution in [-0.4, -0.2) is 18.7 Å². The molecule has 0 saturated heterocycles. The Labute approximate surface area is 149 Å². The van der Waals surface area contributed by atoms with E-state index in [9.17, 15) is 14.5 Å². The summed E-state index contributed by atoms with van der Waals surface area (Å²) in [6, 6.07) is 9.59. The first kappa shape index (κ1) is 17.3. The molecule has 1 atom stereocenters. The summed E-state index contributed by atoms with van der Waals surface area (Å²) in [5.41, 5.74) is 1.24. The molecule has 0 aromatic heterocycles. The summed E-state index contributed by atoms with van der Waals surface area (Å²) in [7, 11) is 1.46. The highest BCUT2D eigenvalue weighted by atomic mass is 35.5. The van der Waals surface area contributed by atoms with Gasteiger partial charge < -0.3 is 4.74 Å². The van der Waals surface area contributed by atoms with Gasteiger partial charge in [-0.05, 0) is 28.8 Å². The fourth-order valence-corrected chi connectivity index (χ4v) is 3.45. The second kappa shape index (κ2) is 6.08. The summed E-state index contributed by atoms with van der Waals surface area (Å²) in [5.74, 6) is -0.626. The number of hydrogen-bond donors (Lipinski definition) is 0. The molecule has 1 aliphatic carbocycles. The maximum Gasteiger partial charge on any atom is 0.199 e. The largest absolute Gasteiger partial charge is 0.496 e. The summed E-state index contributed by atoms with van der Waals surface area (Å²) in [6.45, 7) is 4.04. The Morgan fingerprint density at radius 2 is 1.84 bits per heavy atom. The van der Waals surface area contributed by atoms with Crippen LogP contribution >= 0.6 is 11.6 Å². The van der Waals surface area contributed by atoms with Crippen molar-refractivity contribution in [1.82, 2.24) is 0 Å². The van der Waals surface area contributed by atoms with Crippen LogP contribution < -0.4 is 4.74 Å². The van der Waals surface area contributed by atoms with Crippen LogP contribution in [0.4, 0.5) is 5.69 Å². The zero-order valence-corrected chi connectivity index (χ0v) is 14.8. The molecule has 5 nitrogen and oxygen atoms in total. The van der Waals surface area contributed by atoms with Crippen molar-refractivity contribution >= 4 is 28.9 Å². The van der Waals surface area contributed by atoms with Gasteiger partial charge in [0.05, 0.1) is 12.7 Å². The molecule has 1 aliphatic rings. The molecular formula is C19H16ClNO4. The van der Waals surface area contributed by atoms with E-state index < -0.39 is 16.4 Å². The average molecular weight is 358 g/mol. The van der Waals surface area contributed by atoms with Crippen molar-refractivity contribution in [2.45, 2.75) is 24.6 Å². The van der Waals surface area contributed by atoms with Crippen LogP contribution in [0.15, 0.2) is 41.6 Å². The van der Waals surface area contributed by atoms with Crippen molar-refractivity contribution < 1.29 is 14.3 Å². The normalized spacial score (nSPS) is 19.2. The first-order chi connectivity index (χ1) is 11.9. The number of fused-ring (bicyclic) bond motifs is 1. The van der Waals surface area contributed by atoms with Crippen molar-refractivity contribution in [2.24, 2.45) is 5.18 Å². The van der Waals surface area contributed by atoms with Crippen LogP contribution in [0.3, 0.4) is 0 Å². The maximum atomic E-state index is 13.0. The second-order valence-corrected chi connectivity index (χ2v) is 6.79. The molecule has 6 heteroatoms. The molecule has 0 radical (unpaired) electrons. The van der Waals surface area contributed by atoms with E-state index in [-0.39, 0.29) is 28.3 Å². The van der Waals surface area contributed by atoms with Crippen LogP contribution in [-0.2, 0) is 4.87 Å². The molecular weight excluding hydrogens is 342 g/mol. The number of Topliss-reactive ketones (excluding diaryl/α,β-unsaturated/α-hetero) is 2. The molecule has 0 N–H and O–H groups in total. The Morgan fingerprint density at radius 1 is 1.12 bits per heavy atom. The van der Waals surface area contributed by atoms with Gasteiger partial charge in [0.15, 0.2) is 16.4 Å². The van der Waals surface area contributed by atoms with E-state index >= 15 is 0 Å². The van der Waals surface area contributed by atoms with Crippen LogP contribution in [0.1, 0.15) is 51.6 Å². The van der Waals surface area contributed by atoms with E-state index in [4.69, 9.17) is 16.3 Å². The van der Waals surface area contributed by atoms with Gasteiger partial charge in [-0.3, -0.25) is 9.59 Å². The Bertz CT molecular complexity index is 906. The molecule has 2 aromatic carbocycles. The molecule has 0 saturated carbocycles. The molecule has 0 bridgehead atoms. The van der Waals surface area contributed by atoms with E-state index in [0.717, 1.165) is 5.56 Å². The monoisotopic (exact) mass is 357 g/mol. The first-order valence-corrected chi connectivity index (χ1v) is 8.17. The first-order valence-electron chi connectivity index (χ1n) is 7.79. The van der Waals surface area contributed by atoms with Gasteiger partial charge in [-0.2, -0.15) is 0 Å². The smallest absolute Gasteiger partial charge is 0.199 e. The lowest BCUT2D eigenvalue weighted by molar-refractivity contribution is 0.0859. The fourth-order valence-electron chi connectivity index (χ4n) is 3.10. The SMILES string of the molecule is COc1cc(C(C)C)ccc1C1(Cl)C(=O)c2cccc(N=O)c2C1=O. The molecule has 2 aromatic rings. The van der Waals surface area contributed by atoms with Crippen LogP contribution in [0.5, 0.6) is 5.75 Å². The van der Waals surface area contributed by atoms with Crippen molar-refractivity contribution in [2.75, 3.05) is 7.11 Å². The van der Waals surface area contributed by atoms with Gasteiger partial charge >= 0.3 is 0 Å². The number of carbonyl (C=O) groups is 2. The van der Waals surface area contributed by atoms with Crippen molar-refractivity contribution in [1.29, 1.82) is 0 Å². The molecule has 0 heterocycles. The Morgan fingerprint density at radius 3 is 2.44 bits per heavy atom. The van der Waals surface area contributed by atoms with Gasteiger partial charge in [0.2, 0.25) is 0 Å². The molecule has 0 amide bonds. The third-order valence-electron chi connectivity index (χ3n) is 4.50. The minimum absolute atomic E-state index is 0.0347. The maximum absolute atomic E-state index is 13.0. The lowest BCUT2D eigenvalue weighted by Gasteiger charge is -2.22. The predicted molar refractivity (Wildman–Crippen MR) is 95.2 cm³/mol. The summed E-state index contributed by atoms with van der Waals surface area (Å²) in [5, 5.41) is 2.85. The molecule has 0 fully saturated rings. The van der Waals surface area contributed by atoms with Crippen LogP contribution in [0.2, 0.25) is 0 Å². The molecule has 128 valence electrons. The van der Waals surface area contributed by atoms with Gasteiger partial charge in [-0.1, -0.05) is 49.7 Å². The number of nitroso groups, excluding NO2 is 1. The standard InChI is InChI=1S/C19H16ClNO4/c1-10(2)11-7-8-13(15(9-11)25-3)19(20)17(22)12-5-4-6-14(21-24)16(12)18(19)23/h4-10H,1-3H3. The predicted octanol–water partition coefficient (Wildman–Crippen LogP) is 4.73. The highest BCUT2D eigenvalue weighted by molar-refractivity contribution is 6.55. The zero-order chi connectivity index (χ0) is 18.4. The zero-order valence-electron chi connectivity index (χ0n) is 14.0.